The fourth-order valence-electron chi connectivity index (χ4n) is 3.30. The van der Waals surface area contributed by atoms with Crippen LogP contribution in [0.5, 0.6) is 0 Å². The molecule has 162 valence electrons. The Bertz CT molecular complexity index is 951. The average molecular weight is 429 g/mol. The Morgan fingerprint density at radius 3 is 1.68 bits per heavy atom. The van der Waals surface area contributed by atoms with Crippen molar-refractivity contribution in [1.29, 1.82) is 0 Å². The minimum absolute atomic E-state index is 0.523. The summed E-state index contributed by atoms with van der Waals surface area (Å²) in [6.07, 6.45) is -5.23. The number of rotatable bonds is 7. The van der Waals surface area contributed by atoms with Crippen molar-refractivity contribution < 1.29 is 27.8 Å². The van der Waals surface area contributed by atoms with Crippen molar-refractivity contribution in [2.75, 3.05) is 12.0 Å². The largest absolute Gasteiger partial charge is 0.466 e. The Morgan fingerprint density at radius 1 is 0.839 bits per heavy atom. The monoisotopic (exact) mass is 429 g/mol. The lowest BCUT2D eigenvalue weighted by Gasteiger charge is -2.29. The van der Waals surface area contributed by atoms with E-state index in [1.54, 1.807) is 0 Å². The maximum atomic E-state index is 13.5. The topological polar surface area (TPSA) is 49.8 Å². The van der Waals surface area contributed by atoms with Crippen LogP contribution in [0, 0.1) is 0 Å². The maximum Gasteiger partial charge on any atom is 0.432 e. The standard InChI is InChI=1S/C24H22F3NO3/c1-31-22(29)23(30,24(25,26)27)20-12-14-21(15-13-20)28(16-18-8-4-2-5-9-18)17-19-10-6-3-7-11-19/h2-15,30H,16-17H2,1H3. The highest BCUT2D eigenvalue weighted by Gasteiger charge is 2.62. The molecule has 31 heavy (non-hydrogen) atoms. The molecule has 4 nitrogen and oxygen atoms in total. The van der Waals surface area contributed by atoms with Gasteiger partial charge in [0.2, 0.25) is 0 Å². The third-order valence-corrected chi connectivity index (χ3v) is 4.97. The molecule has 0 aliphatic carbocycles. The summed E-state index contributed by atoms with van der Waals surface area (Å²) in [6.45, 7) is 1.05. The number of ether oxygens (including phenoxy) is 1. The molecule has 0 bridgehead atoms. The highest BCUT2D eigenvalue weighted by Crippen LogP contribution is 2.40. The molecule has 1 N–H and O–H groups in total. The fraction of sp³-hybridized carbons (Fsp3) is 0.208. The Kier molecular flexibility index (Phi) is 6.65. The first-order valence-electron chi connectivity index (χ1n) is 9.56. The molecule has 3 aromatic carbocycles. The Labute approximate surface area is 178 Å². The molecule has 0 fully saturated rings. The first kappa shape index (κ1) is 22.4. The van der Waals surface area contributed by atoms with E-state index in [2.05, 4.69) is 4.74 Å². The van der Waals surface area contributed by atoms with Gasteiger partial charge in [0.25, 0.3) is 5.60 Å². The number of hydrogen-bond acceptors (Lipinski definition) is 4. The van der Waals surface area contributed by atoms with Crippen LogP contribution < -0.4 is 4.90 Å². The van der Waals surface area contributed by atoms with Crippen LogP contribution in [0.25, 0.3) is 0 Å². The SMILES string of the molecule is COC(=O)C(O)(c1ccc(N(Cc2ccccc2)Cc2ccccc2)cc1)C(F)(F)F. The first-order valence-corrected chi connectivity index (χ1v) is 9.56. The molecule has 0 aliphatic rings. The summed E-state index contributed by atoms with van der Waals surface area (Å²) in [7, 11) is 0.800. The van der Waals surface area contributed by atoms with Gasteiger partial charge >= 0.3 is 12.1 Å². The van der Waals surface area contributed by atoms with Crippen molar-refractivity contribution in [3.63, 3.8) is 0 Å². The van der Waals surface area contributed by atoms with Gasteiger partial charge in [0.1, 0.15) is 0 Å². The van der Waals surface area contributed by atoms with E-state index in [0.29, 0.717) is 18.8 Å². The van der Waals surface area contributed by atoms with Gasteiger partial charge < -0.3 is 14.7 Å². The molecule has 0 amide bonds. The van der Waals surface area contributed by atoms with Crippen LogP contribution in [0.3, 0.4) is 0 Å². The molecule has 3 rings (SSSR count). The zero-order chi connectivity index (χ0) is 22.5. The van der Waals surface area contributed by atoms with Crippen molar-refractivity contribution >= 4 is 11.7 Å². The number of esters is 1. The van der Waals surface area contributed by atoms with Gasteiger partial charge in [0.05, 0.1) is 7.11 Å². The predicted octanol–water partition coefficient (Wildman–Crippen LogP) is 4.82. The Balaban J connectivity index is 1.95. The lowest BCUT2D eigenvalue weighted by Crippen LogP contribution is -2.49. The third-order valence-electron chi connectivity index (χ3n) is 4.97. The molecule has 0 radical (unpaired) electrons. The van der Waals surface area contributed by atoms with Crippen molar-refractivity contribution in [2.45, 2.75) is 24.9 Å². The highest BCUT2D eigenvalue weighted by molar-refractivity contribution is 5.82. The molecule has 0 heterocycles. The molecular weight excluding hydrogens is 407 g/mol. The van der Waals surface area contributed by atoms with Crippen molar-refractivity contribution in [2.24, 2.45) is 0 Å². The zero-order valence-electron chi connectivity index (χ0n) is 16.8. The summed E-state index contributed by atoms with van der Waals surface area (Å²) in [4.78, 5) is 13.8. The lowest BCUT2D eigenvalue weighted by molar-refractivity contribution is -0.266. The number of benzene rings is 3. The smallest absolute Gasteiger partial charge is 0.432 e. The predicted molar refractivity (Wildman–Crippen MR) is 111 cm³/mol. The van der Waals surface area contributed by atoms with Gasteiger partial charge in [-0.05, 0) is 23.3 Å². The summed E-state index contributed by atoms with van der Waals surface area (Å²) in [6, 6.07) is 24.5. The van der Waals surface area contributed by atoms with Crippen LogP contribution in [0.2, 0.25) is 0 Å². The van der Waals surface area contributed by atoms with E-state index in [1.807, 2.05) is 65.6 Å². The van der Waals surface area contributed by atoms with Crippen LogP contribution >= 0.6 is 0 Å². The molecule has 3 aromatic rings. The second-order valence-corrected chi connectivity index (χ2v) is 7.07. The Morgan fingerprint density at radius 2 is 1.29 bits per heavy atom. The fourth-order valence-corrected chi connectivity index (χ4v) is 3.30. The molecule has 7 heteroatoms. The van der Waals surface area contributed by atoms with Crippen LogP contribution in [0.15, 0.2) is 84.9 Å². The minimum Gasteiger partial charge on any atom is -0.466 e. The van der Waals surface area contributed by atoms with Crippen LogP contribution in [0.4, 0.5) is 18.9 Å². The van der Waals surface area contributed by atoms with Gasteiger partial charge in [-0.2, -0.15) is 13.2 Å². The average Bonchev–Trinajstić information content (AvgIpc) is 2.78. The molecular formula is C24H22F3NO3. The number of carbonyl (C=O) groups is 1. The zero-order valence-corrected chi connectivity index (χ0v) is 16.8. The molecule has 0 spiro atoms. The van der Waals surface area contributed by atoms with Crippen LogP contribution in [-0.2, 0) is 28.2 Å². The number of anilines is 1. The number of methoxy groups -OCH3 is 1. The minimum atomic E-state index is -5.23. The normalized spacial score (nSPS) is 13.3. The van der Waals surface area contributed by atoms with E-state index < -0.39 is 23.3 Å². The number of alkyl halides is 3. The van der Waals surface area contributed by atoms with E-state index in [0.717, 1.165) is 30.4 Å². The first-order chi connectivity index (χ1) is 14.8. The Hall–Kier alpha value is -3.32. The van der Waals surface area contributed by atoms with Crippen molar-refractivity contribution in [1.82, 2.24) is 0 Å². The van der Waals surface area contributed by atoms with Gasteiger partial charge in [0.15, 0.2) is 0 Å². The van der Waals surface area contributed by atoms with Gasteiger partial charge in [-0.1, -0.05) is 72.8 Å². The number of aliphatic hydroxyl groups is 1. The molecule has 0 saturated carbocycles. The summed E-state index contributed by atoms with van der Waals surface area (Å²) in [5.41, 5.74) is -1.63. The molecule has 0 aliphatic heterocycles. The van der Waals surface area contributed by atoms with E-state index in [1.165, 1.54) is 12.1 Å². The second-order valence-electron chi connectivity index (χ2n) is 7.07. The van der Waals surface area contributed by atoms with E-state index >= 15 is 0 Å². The summed E-state index contributed by atoms with van der Waals surface area (Å²) < 4.78 is 44.7. The molecule has 0 aromatic heterocycles. The quantitative estimate of drug-likeness (QED) is 0.548. The van der Waals surface area contributed by atoms with Crippen LogP contribution in [-0.4, -0.2) is 24.4 Å². The highest BCUT2D eigenvalue weighted by atomic mass is 19.4. The van der Waals surface area contributed by atoms with Gasteiger partial charge in [-0.15, -0.1) is 0 Å². The number of carbonyl (C=O) groups excluding carboxylic acids is 1. The molecule has 1 atom stereocenters. The van der Waals surface area contributed by atoms with Gasteiger partial charge in [-0.25, -0.2) is 4.79 Å². The van der Waals surface area contributed by atoms with E-state index in [4.69, 9.17) is 0 Å². The summed E-state index contributed by atoms with van der Waals surface area (Å²) in [5.74, 6) is -1.78. The number of nitrogens with zero attached hydrogens (tertiary/aromatic N) is 1. The van der Waals surface area contributed by atoms with Gasteiger partial charge in [-0.3, -0.25) is 0 Å². The summed E-state index contributed by atoms with van der Waals surface area (Å²) >= 11 is 0. The second kappa shape index (κ2) is 9.22. The number of halogens is 3. The molecule has 1 unspecified atom stereocenters. The number of hydrogen-bond donors (Lipinski definition) is 1. The third kappa shape index (κ3) is 4.88. The molecule has 0 saturated heterocycles. The van der Waals surface area contributed by atoms with Gasteiger partial charge in [0, 0.05) is 24.3 Å². The lowest BCUT2D eigenvalue weighted by atomic mass is 9.92. The summed E-state index contributed by atoms with van der Waals surface area (Å²) in [5, 5.41) is 10.2. The van der Waals surface area contributed by atoms with Crippen molar-refractivity contribution in [3.8, 4) is 0 Å². The van der Waals surface area contributed by atoms with Crippen molar-refractivity contribution in [3.05, 3.63) is 102 Å². The van der Waals surface area contributed by atoms with E-state index in [-0.39, 0.29) is 0 Å². The van der Waals surface area contributed by atoms with Crippen LogP contribution in [0.1, 0.15) is 16.7 Å². The maximum absolute atomic E-state index is 13.5. The van der Waals surface area contributed by atoms with E-state index in [9.17, 15) is 23.1 Å².